The molecule has 17 heteroatoms. The van der Waals surface area contributed by atoms with E-state index in [1.165, 1.54) is 60.0 Å². The van der Waals surface area contributed by atoms with Crippen LogP contribution in [0.1, 0.15) is 90.8 Å². The average molecular weight is 1040 g/mol. The molecule has 7 amide bonds. The van der Waals surface area contributed by atoms with Gasteiger partial charge in [0.25, 0.3) is 0 Å². The predicted molar refractivity (Wildman–Crippen MR) is 291 cm³/mol. The van der Waals surface area contributed by atoms with Crippen molar-refractivity contribution in [2.75, 3.05) is 20.6 Å². The third-order valence-corrected chi connectivity index (χ3v) is 14.9. The fourth-order valence-corrected chi connectivity index (χ4v) is 10.5. The first-order valence-electron chi connectivity index (χ1n) is 26.4. The Hall–Kier alpha value is -7.43. The van der Waals surface area contributed by atoms with Gasteiger partial charge in [-0.2, -0.15) is 0 Å². The molecule has 7 rings (SSSR count). The Balaban J connectivity index is 1.36. The molecule has 4 N–H and O–H groups in total. The molecule has 0 unspecified atom stereocenters. The molecule has 3 aromatic carbocycles. The highest BCUT2D eigenvalue weighted by Crippen LogP contribution is 2.30. The van der Waals surface area contributed by atoms with E-state index in [9.17, 15) is 23.6 Å². The molecule has 404 valence electrons. The predicted octanol–water partition coefficient (Wildman–Crippen LogP) is 5.99. The van der Waals surface area contributed by atoms with Crippen molar-refractivity contribution in [1.29, 1.82) is 0 Å². The molecular weight excluding hydrogens is 966 g/mol. The molecule has 0 spiro atoms. The molecular formula is C59H74FN9O7. The summed E-state index contributed by atoms with van der Waals surface area (Å²) in [6.07, 6.45) is 8.07. The number of aromatic nitrogens is 2. The number of amides is 7. The van der Waals surface area contributed by atoms with E-state index in [0.29, 0.717) is 29.5 Å². The van der Waals surface area contributed by atoms with E-state index in [-0.39, 0.29) is 50.5 Å². The van der Waals surface area contributed by atoms with E-state index in [1.54, 1.807) is 12.4 Å². The molecule has 0 aliphatic carbocycles. The summed E-state index contributed by atoms with van der Waals surface area (Å²) in [4.78, 5) is 113. The van der Waals surface area contributed by atoms with Gasteiger partial charge in [-0.1, -0.05) is 82.3 Å². The van der Waals surface area contributed by atoms with Crippen LogP contribution >= 0.6 is 0 Å². The average Bonchev–Trinajstić information content (AvgIpc) is 3.77. The first-order chi connectivity index (χ1) is 36.1. The van der Waals surface area contributed by atoms with Gasteiger partial charge in [0.05, 0.1) is 5.54 Å². The van der Waals surface area contributed by atoms with Crippen LogP contribution in [0.2, 0.25) is 0 Å². The Bertz CT molecular complexity index is 2970. The number of nitrogens with zero attached hydrogens (tertiary/aromatic N) is 5. The summed E-state index contributed by atoms with van der Waals surface area (Å²) in [6.45, 7) is 17.4. The molecule has 7 atom stereocenters. The second-order valence-electron chi connectivity index (χ2n) is 22.0. The highest BCUT2D eigenvalue weighted by Gasteiger charge is 2.43. The summed E-state index contributed by atoms with van der Waals surface area (Å²) in [5.41, 5.74) is 2.21. The highest BCUT2D eigenvalue weighted by atomic mass is 19.1. The molecule has 2 aliphatic heterocycles. The van der Waals surface area contributed by atoms with Crippen LogP contribution in [0.3, 0.4) is 0 Å². The maximum Gasteiger partial charge on any atom is 0.246 e. The molecule has 0 saturated carbocycles. The zero-order chi connectivity index (χ0) is 55.2. The molecule has 2 saturated heterocycles. The maximum absolute atomic E-state index is 15.5. The van der Waals surface area contributed by atoms with Gasteiger partial charge in [0.1, 0.15) is 48.1 Å². The summed E-state index contributed by atoms with van der Waals surface area (Å²) in [6, 6.07) is 12.4. The van der Waals surface area contributed by atoms with Crippen LogP contribution in [0.5, 0.6) is 0 Å². The Morgan fingerprint density at radius 1 is 0.697 bits per heavy atom. The summed E-state index contributed by atoms with van der Waals surface area (Å²) < 4.78 is 16.4. The lowest BCUT2D eigenvalue weighted by Gasteiger charge is -2.41. The van der Waals surface area contributed by atoms with Gasteiger partial charge in [-0.05, 0) is 105 Å². The smallest absolute Gasteiger partial charge is 0.246 e. The van der Waals surface area contributed by atoms with Crippen LogP contribution in [-0.2, 0) is 58.4 Å². The quantitative estimate of drug-likeness (QED) is 0.110. The van der Waals surface area contributed by atoms with E-state index in [0.717, 1.165) is 21.7 Å². The second-order valence-corrected chi connectivity index (χ2v) is 22.0. The second kappa shape index (κ2) is 24.1. The Morgan fingerprint density at radius 3 is 1.97 bits per heavy atom. The highest BCUT2D eigenvalue weighted by molar-refractivity contribution is 5.99. The summed E-state index contributed by atoms with van der Waals surface area (Å²) in [5, 5.41) is 14.3. The summed E-state index contributed by atoms with van der Waals surface area (Å²) >= 11 is 0. The number of fused-ring (bicyclic) bond motifs is 4. The van der Waals surface area contributed by atoms with Crippen molar-refractivity contribution in [2.45, 2.75) is 141 Å². The number of carbonyl (C=O) groups is 7. The fraction of sp³-hybridized carbons (Fsp3) is 0.458. The first-order valence-corrected chi connectivity index (χ1v) is 26.4. The van der Waals surface area contributed by atoms with Gasteiger partial charge < -0.3 is 40.5 Å². The van der Waals surface area contributed by atoms with Crippen molar-refractivity contribution >= 4 is 63.0 Å². The van der Waals surface area contributed by atoms with E-state index >= 15 is 14.4 Å². The Labute approximate surface area is 445 Å². The van der Waals surface area contributed by atoms with Crippen LogP contribution in [0.15, 0.2) is 104 Å². The topological polar surface area (TPSA) is 195 Å². The van der Waals surface area contributed by atoms with Crippen LogP contribution in [0.4, 0.5) is 4.39 Å². The number of hydrogen-bond donors (Lipinski definition) is 4. The largest absolute Gasteiger partial charge is 0.343 e. The van der Waals surface area contributed by atoms with Crippen molar-refractivity contribution < 1.29 is 38.0 Å². The van der Waals surface area contributed by atoms with Crippen molar-refractivity contribution in [3.63, 3.8) is 0 Å². The van der Waals surface area contributed by atoms with Crippen LogP contribution in [0.25, 0.3) is 21.7 Å². The van der Waals surface area contributed by atoms with Crippen LogP contribution in [0, 0.1) is 17.7 Å². The fourth-order valence-electron chi connectivity index (χ4n) is 10.5. The van der Waals surface area contributed by atoms with Gasteiger partial charge in [-0.3, -0.25) is 38.5 Å². The zero-order valence-electron chi connectivity index (χ0n) is 45.3. The van der Waals surface area contributed by atoms with Gasteiger partial charge in [-0.15, -0.1) is 6.58 Å². The number of rotatable bonds is 12. The molecule has 2 aliphatic rings. The molecule has 5 aromatic rings. The summed E-state index contributed by atoms with van der Waals surface area (Å²) in [7, 11) is 2.99. The van der Waals surface area contributed by atoms with Crippen LogP contribution < -0.4 is 21.3 Å². The van der Waals surface area contributed by atoms with Gasteiger partial charge in [-0.25, -0.2) is 4.39 Å². The number of carbonyl (C=O) groups excluding carboxylic acids is 7. The van der Waals surface area contributed by atoms with E-state index in [1.807, 2.05) is 107 Å². The first kappa shape index (κ1) is 56.3. The van der Waals surface area contributed by atoms with Crippen molar-refractivity contribution in [1.82, 2.24) is 45.5 Å². The molecule has 4 heterocycles. The molecule has 76 heavy (non-hydrogen) atoms. The number of allylic oxidation sites excluding steroid dienone is 1. The molecule has 2 bridgehead atoms. The number of likely N-dealkylation sites (N-methyl/N-ethyl adjacent to an activating group) is 2. The SMILES string of the molecule is C=CC(C)(C)n1cc(C[C@@H]2NC(=O)[C@H](Cc3ccc(F)cc3)NC(=O)[C@H](CC(C)C)N3CCC[C@@H](C3=O)N(C)C(=O)[C@H](C)NC(=O)[C@H](Cc3ccc4cnccc4c3)NC(=O)[C@H](CC(C)C)N(C)C2=O)c2ccccc21. The number of piperidine rings is 1. The van der Waals surface area contributed by atoms with Crippen molar-refractivity contribution in [2.24, 2.45) is 11.8 Å². The summed E-state index contributed by atoms with van der Waals surface area (Å²) in [5.74, 6) is -5.05. The number of para-hydroxylation sites is 1. The Morgan fingerprint density at radius 2 is 1.30 bits per heavy atom. The molecule has 2 aromatic heterocycles. The number of halogens is 1. The van der Waals surface area contributed by atoms with Crippen molar-refractivity contribution in [3.8, 4) is 0 Å². The normalized spacial score (nSPS) is 23.1. The monoisotopic (exact) mass is 1040 g/mol. The Kier molecular flexibility index (Phi) is 17.8. The van der Waals surface area contributed by atoms with Gasteiger partial charge in [0.2, 0.25) is 41.4 Å². The minimum atomic E-state index is -1.34. The van der Waals surface area contributed by atoms with Gasteiger partial charge in [0.15, 0.2) is 0 Å². The number of pyridine rings is 1. The number of nitrogens with one attached hydrogen (secondary N) is 4. The lowest BCUT2D eigenvalue weighted by Crippen LogP contribution is -2.62. The molecule has 16 nitrogen and oxygen atoms in total. The standard InChI is InChI=1S/C59H74FN9O7/c1-11-59(7,8)69-34-42(44-15-12-13-16-48(44)69)32-47-57(75)67(10)50(27-35(2)3)54(72)63-46(31-39-18-21-41-33-61-25-24-40(41)29-39)52(70)62-37(6)56(74)66(9)49-17-14-26-68(58(49)76)51(28-36(4)5)55(73)64-45(53(71)65-47)30-38-19-22-43(60)23-20-38/h11-13,15-16,18-25,29,33-37,45-47,49-51H,1,14,17,26-28,30-32H2,2-10H3,(H,62,70)(H,63,72)(H,64,73)(H,65,71)/t37-,45-,46-,47-,49-,50-,51-/m0/s1. The minimum Gasteiger partial charge on any atom is -0.343 e. The van der Waals surface area contributed by atoms with Crippen molar-refractivity contribution in [3.05, 3.63) is 127 Å². The zero-order valence-corrected chi connectivity index (χ0v) is 45.3. The van der Waals surface area contributed by atoms with E-state index in [2.05, 4.69) is 32.8 Å². The lowest BCUT2D eigenvalue weighted by atomic mass is 9.95. The maximum atomic E-state index is 15.5. The third-order valence-electron chi connectivity index (χ3n) is 14.9. The number of hydrogen-bond acceptors (Lipinski definition) is 8. The molecule has 2 fully saturated rings. The van der Waals surface area contributed by atoms with E-state index < -0.39 is 95.0 Å². The van der Waals surface area contributed by atoms with Crippen LogP contribution in [-0.4, -0.2) is 129 Å². The van der Waals surface area contributed by atoms with E-state index in [4.69, 9.17) is 0 Å². The molecule has 0 radical (unpaired) electrons. The van der Waals surface area contributed by atoms with Gasteiger partial charge in [0, 0.05) is 74.8 Å². The lowest BCUT2D eigenvalue weighted by molar-refractivity contribution is -0.153. The third kappa shape index (κ3) is 13.0. The van der Waals surface area contributed by atoms with Gasteiger partial charge >= 0.3 is 0 Å². The number of benzene rings is 3. The minimum absolute atomic E-state index is 0.00618.